The number of nitrogens with zero attached hydrogens (tertiary/aromatic N) is 2. The Hall–Kier alpha value is -0.870. The Bertz CT molecular complexity index is 284. The van der Waals surface area contributed by atoms with Gasteiger partial charge in [0, 0.05) is 30.9 Å². The van der Waals surface area contributed by atoms with Gasteiger partial charge in [0.15, 0.2) is 0 Å². The van der Waals surface area contributed by atoms with Gasteiger partial charge in [0.25, 0.3) is 0 Å². The highest BCUT2D eigenvalue weighted by Crippen LogP contribution is 2.13. The molecule has 4 nitrogen and oxygen atoms in total. The van der Waals surface area contributed by atoms with Crippen LogP contribution in [0.3, 0.4) is 0 Å². The Morgan fingerprint density at radius 1 is 1.77 bits per heavy atom. The van der Waals surface area contributed by atoms with Crippen LogP contribution in [0, 0.1) is 6.92 Å². The highest BCUT2D eigenvalue weighted by atomic mass is 16.3. The lowest BCUT2D eigenvalue weighted by Gasteiger charge is -2.13. The highest BCUT2D eigenvalue weighted by Gasteiger charge is 2.20. The molecular formula is C9H15N3O. The minimum atomic E-state index is -0.132. The first-order chi connectivity index (χ1) is 6.25. The van der Waals surface area contributed by atoms with Crippen LogP contribution in [-0.4, -0.2) is 39.4 Å². The van der Waals surface area contributed by atoms with Crippen LogP contribution in [0.2, 0.25) is 0 Å². The molecule has 0 bridgehead atoms. The van der Waals surface area contributed by atoms with Gasteiger partial charge in [-0.3, -0.25) is 10.00 Å². The van der Waals surface area contributed by atoms with Gasteiger partial charge < -0.3 is 5.11 Å². The van der Waals surface area contributed by atoms with Gasteiger partial charge in [-0.25, -0.2) is 0 Å². The lowest BCUT2D eigenvalue weighted by atomic mass is 10.2. The van der Waals surface area contributed by atoms with E-state index in [9.17, 15) is 5.11 Å². The second-order valence-electron chi connectivity index (χ2n) is 3.70. The maximum atomic E-state index is 9.33. The van der Waals surface area contributed by atoms with Crippen molar-refractivity contribution in [3.05, 3.63) is 17.5 Å². The van der Waals surface area contributed by atoms with Crippen molar-refractivity contribution in [1.82, 2.24) is 15.1 Å². The molecule has 1 aliphatic rings. The Labute approximate surface area is 77.6 Å². The molecule has 1 aromatic rings. The normalized spacial score (nSPS) is 24.0. The van der Waals surface area contributed by atoms with E-state index in [0.717, 1.165) is 31.7 Å². The molecule has 1 fully saturated rings. The third-order valence-corrected chi connectivity index (χ3v) is 2.58. The van der Waals surface area contributed by atoms with E-state index in [1.165, 1.54) is 5.56 Å². The number of H-pyrrole nitrogens is 1. The number of aliphatic hydroxyl groups is 1. The van der Waals surface area contributed by atoms with Crippen molar-refractivity contribution in [3.63, 3.8) is 0 Å². The second-order valence-corrected chi connectivity index (χ2v) is 3.70. The zero-order chi connectivity index (χ0) is 9.26. The van der Waals surface area contributed by atoms with Gasteiger partial charge in [-0.05, 0) is 13.3 Å². The summed E-state index contributed by atoms with van der Waals surface area (Å²) in [7, 11) is 0. The molecule has 2 rings (SSSR count). The van der Waals surface area contributed by atoms with E-state index < -0.39 is 0 Å². The SMILES string of the molecule is Cc1[nH]ncc1CN1CCC(O)C1. The molecule has 1 aliphatic heterocycles. The van der Waals surface area contributed by atoms with Crippen LogP contribution >= 0.6 is 0 Å². The fourth-order valence-corrected chi connectivity index (χ4v) is 1.73. The van der Waals surface area contributed by atoms with Gasteiger partial charge in [-0.15, -0.1) is 0 Å². The van der Waals surface area contributed by atoms with Gasteiger partial charge in [0.1, 0.15) is 0 Å². The lowest BCUT2D eigenvalue weighted by Crippen LogP contribution is -2.21. The fourth-order valence-electron chi connectivity index (χ4n) is 1.73. The Kier molecular flexibility index (Phi) is 2.33. The summed E-state index contributed by atoms with van der Waals surface area (Å²) in [6.45, 7) is 4.71. The zero-order valence-electron chi connectivity index (χ0n) is 7.82. The number of hydrogen-bond donors (Lipinski definition) is 2. The lowest BCUT2D eigenvalue weighted by molar-refractivity contribution is 0.174. The number of rotatable bonds is 2. The predicted octanol–water partition coefficient (Wildman–Crippen LogP) is 0.285. The average Bonchev–Trinajstić information content (AvgIpc) is 2.64. The number of aryl methyl sites for hydroxylation is 1. The number of aliphatic hydroxyl groups excluding tert-OH is 1. The van der Waals surface area contributed by atoms with E-state index in [-0.39, 0.29) is 6.10 Å². The van der Waals surface area contributed by atoms with E-state index in [1.54, 1.807) is 0 Å². The van der Waals surface area contributed by atoms with Crippen LogP contribution in [0.4, 0.5) is 0 Å². The summed E-state index contributed by atoms with van der Waals surface area (Å²) in [5, 5.41) is 16.2. The van der Waals surface area contributed by atoms with E-state index in [4.69, 9.17) is 0 Å². The maximum Gasteiger partial charge on any atom is 0.0679 e. The standard InChI is InChI=1S/C9H15N3O/c1-7-8(4-10-11-7)5-12-3-2-9(13)6-12/h4,9,13H,2-3,5-6H2,1H3,(H,10,11). The Balaban J connectivity index is 1.95. The predicted molar refractivity (Wildman–Crippen MR) is 49.2 cm³/mol. The van der Waals surface area contributed by atoms with Crippen LogP contribution in [-0.2, 0) is 6.54 Å². The third kappa shape index (κ3) is 1.89. The second kappa shape index (κ2) is 3.47. The maximum absolute atomic E-state index is 9.33. The summed E-state index contributed by atoms with van der Waals surface area (Å²) >= 11 is 0. The number of hydrogen-bond acceptors (Lipinski definition) is 3. The van der Waals surface area contributed by atoms with Gasteiger partial charge in [0.2, 0.25) is 0 Å². The monoisotopic (exact) mass is 181 g/mol. The average molecular weight is 181 g/mol. The minimum absolute atomic E-state index is 0.132. The quantitative estimate of drug-likeness (QED) is 0.689. The molecule has 0 amide bonds. The van der Waals surface area contributed by atoms with Crippen molar-refractivity contribution in [2.45, 2.75) is 26.0 Å². The van der Waals surface area contributed by atoms with Crippen molar-refractivity contribution in [3.8, 4) is 0 Å². The van der Waals surface area contributed by atoms with Crippen LogP contribution in [0.15, 0.2) is 6.20 Å². The fraction of sp³-hybridized carbons (Fsp3) is 0.667. The number of β-amino-alcohol motifs (C(OH)–C–C–N with tert-alkyl or cyclic N) is 1. The van der Waals surface area contributed by atoms with Crippen molar-refractivity contribution in [1.29, 1.82) is 0 Å². The molecule has 0 radical (unpaired) electrons. The molecule has 13 heavy (non-hydrogen) atoms. The largest absolute Gasteiger partial charge is 0.392 e. The van der Waals surface area contributed by atoms with Crippen LogP contribution in [0.5, 0.6) is 0 Å². The van der Waals surface area contributed by atoms with Crippen molar-refractivity contribution in [2.24, 2.45) is 0 Å². The van der Waals surface area contributed by atoms with Gasteiger partial charge in [-0.2, -0.15) is 5.10 Å². The van der Waals surface area contributed by atoms with E-state index in [0.29, 0.717) is 0 Å². The molecule has 1 unspecified atom stereocenters. The van der Waals surface area contributed by atoms with Gasteiger partial charge in [-0.1, -0.05) is 0 Å². The summed E-state index contributed by atoms with van der Waals surface area (Å²) in [6.07, 6.45) is 2.63. The summed E-state index contributed by atoms with van der Waals surface area (Å²) in [5.74, 6) is 0. The zero-order valence-corrected chi connectivity index (χ0v) is 7.82. The van der Waals surface area contributed by atoms with E-state index in [2.05, 4.69) is 15.1 Å². The molecule has 2 N–H and O–H groups in total. The molecular weight excluding hydrogens is 166 g/mol. The summed E-state index contributed by atoms with van der Waals surface area (Å²) < 4.78 is 0. The van der Waals surface area contributed by atoms with Crippen molar-refractivity contribution >= 4 is 0 Å². The first-order valence-corrected chi connectivity index (χ1v) is 4.65. The topological polar surface area (TPSA) is 52.2 Å². The molecule has 1 aromatic heterocycles. The van der Waals surface area contributed by atoms with E-state index in [1.807, 2.05) is 13.1 Å². The molecule has 0 aliphatic carbocycles. The first-order valence-electron chi connectivity index (χ1n) is 4.65. The summed E-state index contributed by atoms with van der Waals surface area (Å²) in [5.41, 5.74) is 2.36. The summed E-state index contributed by atoms with van der Waals surface area (Å²) in [6, 6.07) is 0. The highest BCUT2D eigenvalue weighted by molar-refractivity contribution is 5.14. The number of aromatic amines is 1. The van der Waals surface area contributed by atoms with Gasteiger partial charge in [0.05, 0.1) is 12.3 Å². The van der Waals surface area contributed by atoms with E-state index >= 15 is 0 Å². The van der Waals surface area contributed by atoms with Gasteiger partial charge >= 0.3 is 0 Å². The summed E-state index contributed by atoms with van der Waals surface area (Å²) in [4.78, 5) is 2.25. The smallest absolute Gasteiger partial charge is 0.0679 e. The minimum Gasteiger partial charge on any atom is -0.392 e. The number of nitrogens with one attached hydrogen (secondary N) is 1. The molecule has 0 aromatic carbocycles. The molecule has 1 atom stereocenters. The Morgan fingerprint density at radius 3 is 3.15 bits per heavy atom. The molecule has 0 spiro atoms. The van der Waals surface area contributed by atoms with Crippen LogP contribution in [0.25, 0.3) is 0 Å². The van der Waals surface area contributed by atoms with Crippen molar-refractivity contribution in [2.75, 3.05) is 13.1 Å². The first kappa shape index (κ1) is 8.72. The molecule has 4 heteroatoms. The molecule has 1 saturated heterocycles. The Morgan fingerprint density at radius 2 is 2.62 bits per heavy atom. The molecule has 72 valence electrons. The molecule has 2 heterocycles. The third-order valence-electron chi connectivity index (χ3n) is 2.58. The number of likely N-dealkylation sites (tertiary alicyclic amines) is 1. The van der Waals surface area contributed by atoms with Crippen LogP contribution < -0.4 is 0 Å². The van der Waals surface area contributed by atoms with Crippen LogP contribution in [0.1, 0.15) is 17.7 Å². The number of aromatic nitrogens is 2. The molecule has 0 saturated carbocycles. The van der Waals surface area contributed by atoms with Crippen molar-refractivity contribution < 1.29 is 5.11 Å².